The van der Waals surface area contributed by atoms with Gasteiger partial charge in [0, 0.05) is 16.9 Å². The summed E-state index contributed by atoms with van der Waals surface area (Å²) in [5.41, 5.74) is 4.90. The molecule has 0 aliphatic carbocycles. The number of thioether (sulfide) groups is 1. The molecule has 162 valence electrons. The number of anilines is 1. The van der Waals surface area contributed by atoms with Crippen molar-refractivity contribution in [3.63, 3.8) is 0 Å². The van der Waals surface area contributed by atoms with Crippen LogP contribution in [0.1, 0.15) is 11.1 Å². The van der Waals surface area contributed by atoms with E-state index in [4.69, 9.17) is 4.74 Å². The summed E-state index contributed by atoms with van der Waals surface area (Å²) in [7, 11) is 1.64. The van der Waals surface area contributed by atoms with Crippen LogP contribution in [0.4, 0.5) is 5.69 Å². The van der Waals surface area contributed by atoms with E-state index in [0.717, 1.165) is 28.3 Å². The molecule has 0 atom stereocenters. The van der Waals surface area contributed by atoms with Crippen molar-refractivity contribution in [2.45, 2.75) is 19.0 Å². The third-order valence-corrected chi connectivity index (χ3v) is 5.84. The Hall–Kier alpha value is -3.58. The molecule has 0 aliphatic heterocycles. The van der Waals surface area contributed by atoms with Crippen molar-refractivity contribution in [3.05, 3.63) is 83.9 Å². The molecule has 0 bridgehead atoms. The molecule has 1 aromatic heterocycles. The lowest BCUT2D eigenvalue weighted by molar-refractivity contribution is -0.113. The van der Waals surface area contributed by atoms with E-state index < -0.39 is 0 Å². The van der Waals surface area contributed by atoms with E-state index in [1.54, 1.807) is 7.11 Å². The fourth-order valence-electron chi connectivity index (χ4n) is 3.27. The van der Waals surface area contributed by atoms with Gasteiger partial charge in [-0.25, -0.2) is 0 Å². The quantitative estimate of drug-likeness (QED) is 0.392. The summed E-state index contributed by atoms with van der Waals surface area (Å²) in [4.78, 5) is 12.5. The highest BCUT2D eigenvalue weighted by Gasteiger charge is 2.17. The standard InChI is InChI=1S/C25H24N4O2S/c1-17-7-11-21(12-8-17)29-24(19-9-13-22(31-3)14-10-19)27-28-25(29)32-16-23(30)26-20-6-4-5-18(2)15-20/h4-15H,16H2,1-3H3,(H,26,30). The van der Waals surface area contributed by atoms with Crippen molar-refractivity contribution in [1.29, 1.82) is 0 Å². The Bertz CT molecular complexity index is 1220. The molecule has 0 spiro atoms. The molecule has 1 amide bonds. The number of aromatic nitrogens is 3. The van der Waals surface area contributed by atoms with Crippen LogP contribution in [-0.2, 0) is 4.79 Å². The lowest BCUT2D eigenvalue weighted by atomic mass is 10.2. The molecule has 1 heterocycles. The van der Waals surface area contributed by atoms with Crippen molar-refractivity contribution in [2.24, 2.45) is 0 Å². The normalized spacial score (nSPS) is 10.7. The minimum Gasteiger partial charge on any atom is -0.497 e. The third-order valence-electron chi connectivity index (χ3n) is 4.91. The van der Waals surface area contributed by atoms with E-state index in [-0.39, 0.29) is 11.7 Å². The predicted molar refractivity (Wildman–Crippen MR) is 129 cm³/mol. The number of carbonyl (C=O) groups is 1. The van der Waals surface area contributed by atoms with Crippen molar-refractivity contribution >= 4 is 23.4 Å². The van der Waals surface area contributed by atoms with Crippen LogP contribution in [0, 0.1) is 13.8 Å². The molecule has 0 saturated carbocycles. The van der Waals surface area contributed by atoms with Gasteiger partial charge in [0.1, 0.15) is 5.75 Å². The summed E-state index contributed by atoms with van der Waals surface area (Å²) >= 11 is 1.35. The minimum absolute atomic E-state index is 0.0925. The maximum Gasteiger partial charge on any atom is 0.234 e. The molecule has 0 unspecified atom stereocenters. The summed E-state index contributed by atoms with van der Waals surface area (Å²) in [6.45, 7) is 4.04. The lowest BCUT2D eigenvalue weighted by Crippen LogP contribution is -2.14. The number of aryl methyl sites for hydroxylation is 2. The molecule has 1 N–H and O–H groups in total. The summed E-state index contributed by atoms with van der Waals surface area (Å²) in [5, 5.41) is 12.4. The largest absolute Gasteiger partial charge is 0.497 e. The average Bonchev–Trinajstić information content (AvgIpc) is 3.22. The molecule has 0 aliphatic rings. The van der Waals surface area contributed by atoms with Crippen LogP contribution in [0.15, 0.2) is 78.0 Å². The fourth-order valence-corrected chi connectivity index (χ4v) is 4.02. The zero-order valence-corrected chi connectivity index (χ0v) is 19.0. The first kappa shape index (κ1) is 21.6. The molecule has 7 heteroatoms. The summed E-state index contributed by atoms with van der Waals surface area (Å²) in [6.07, 6.45) is 0. The smallest absolute Gasteiger partial charge is 0.234 e. The number of nitrogens with zero attached hydrogens (tertiary/aromatic N) is 3. The number of benzene rings is 3. The maximum absolute atomic E-state index is 12.5. The number of carbonyl (C=O) groups excluding carboxylic acids is 1. The highest BCUT2D eigenvalue weighted by molar-refractivity contribution is 7.99. The van der Waals surface area contributed by atoms with Gasteiger partial charge in [-0.05, 0) is 67.9 Å². The molecule has 4 aromatic rings. The molecular formula is C25H24N4O2S. The van der Waals surface area contributed by atoms with Gasteiger partial charge in [0.15, 0.2) is 11.0 Å². The van der Waals surface area contributed by atoms with Gasteiger partial charge in [-0.3, -0.25) is 9.36 Å². The van der Waals surface area contributed by atoms with Crippen molar-refractivity contribution in [2.75, 3.05) is 18.2 Å². The number of hydrogen-bond acceptors (Lipinski definition) is 5. The number of methoxy groups -OCH3 is 1. The molecule has 0 fully saturated rings. The van der Waals surface area contributed by atoms with Crippen molar-refractivity contribution in [1.82, 2.24) is 14.8 Å². The second kappa shape index (κ2) is 9.70. The van der Waals surface area contributed by atoms with E-state index in [2.05, 4.69) is 15.5 Å². The first-order valence-corrected chi connectivity index (χ1v) is 11.2. The Balaban J connectivity index is 1.60. The van der Waals surface area contributed by atoms with E-state index >= 15 is 0 Å². The zero-order chi connectivity index (χ0) is 22.5. The molecular weight excluding hydrogens is 420 g/mol. The Labute approximate surface area is 191 Å². The summed E-state index contributed by atoms with van der Waals surface area (Å²) in [5.74, 6) is 1.61. The molecule has 6 nitrogen and oxygen atoms in total. The monoisotopic (exact) mass is 444 g/mol. The highest BCUT2D eigenvalue weighted by atomic mass is 32.2. The minimum atomic E-state index is -0.0925. The molecule has 0 saturated heterocycles. The van der Waals surface area contributed by atoms with Crippen LogP contribution >= 0.6 is 11.8 Å². The van der Waals surface area contributed by atoms with Crippen molar-refractivity contribution < 1.29 is 9.53 Å². The van der Waals surface area contributed by atoms with E-state index in [1.165, 1.54) is 17.3 Å². The molecule has 0 radical (unpaired) electrons. The number of nitrogens with one attached hydrogen (secondary N) is 1. The SMILES string of the molecule is COc1ccc(-c2nnc(SCC(=O)Nc3cccc(C)c3)n2-c2ccc(C)cc2)cc1. The van der Waals surface area contributed by atoms with Crippen LogP contribution in [0.3, 0.4) is 0 Å². The number of rotatable bonds is 7. The average molecular weight is 445 g/mol. The van der Waals surface area contributed by atoms with Gasteiger partial charge in [0.2, 0.25) is 5.91 Å². The Kier molecular flexibility index (Phi) is 6.56. The summed E-state index contributed by atoms with van der Waals surface area (Å²) in [6, 6.07) is 23.6. The van der Waals surface area contributed by atoms with Gasteiger partial charge in [-0.1, -0.05) is 41.6 Å². The van der Waals surface area contributed by atoms with Gasteiger partial charge < -0.3 is 10.1 Å². The summed E-state index contributed by atoms with van der Waals surface area (Å²) < 4.78 is 7.25. The van der Waals surface area contributed by atoms with E-state index in [0.29, 0.717) is 11.0 Å². The van der Waals surface area contributed by atoms with Gasteiger partial charge in [-0.15, -0.1) is 10.2 Å². The van der Waals surface area contributed by atoms with Crippen LogP contribution < -0.4 is 10.1 Å². The van der Waals surface area contributed by atoms with Gasteiger partial charge in [0.25, 0.3) is 0 Å². The number of amides is 1. The zero-order valence-electron chi connectivity index (χ0n) is 18.2. The highest BCUT2D eigenvalue weighted by Crippen LogP contribution is 2.29. The fraction of sp³-hybridized carbons (Fsp3) is 0.160. The number of ether oxygens (including phenoxy) is 1. The topological polar surface area (TPSA) is 69.0 Å². The lowest BCUT2D eigenvalue weighted by Gasteiger charge is -2.11. The van der Waals surface area contributed by atoms with Crippen LogP contribution in [0.2, 0.25) is 0 Å². The van der Waals surface area contributed by atoms with E-state index in [1.807, 2.05) is 91.2 Å². The molecule has 3 aromatic carbocycles. The molecule has 4 rings (SSSR count). The van der Waals surface area contributed by atoms with Crippen LogP contribution in [0.5, 0.6) is 5.75 Å². The first-order chi connectivity index (χ1) is 15.5. The Morgan fingerprint density at radius 1 is 0.969 bits per heavy atom. The van der Waals surface area contributed by atoms with Crippen molar-refractivity contribution in [3.8, 4) is 22.8 Å². The molecule has 32 heavy (non-hydrogen) atoms. The Morgan fingerprint density at radius 3 is 2.41 bits per heavy atom. The predicted octanol–water partition coefficient (Wildman–Crippen LogP) is 5.29. The second-order valence-corrected chi connectivity index (χ2v) is 8.35. The van der Waals surface area contributed by atoms with E-state index in [9.17, 15) is 4.79 Å². The maximum atomic E-state index is 12.5. The van der Waals surface area contributed by atoms with Crippen LogP contribution in [0.25, 0.3) is 17.1 Å². The van der Waals surface area contributed by atoms with Gasteiger partial charge in [0.05, 0.1) is 12.9 Å². The van der Waals surface area contributed by atoms with Crippen LogP contribution in [-0.4, -0.2) is 33.5 Å². The Morgan fingerprint density at radius 2 is 1.72 bits per heavy atom. The van der Waals surface area contributed by atoms with Gasteiger partial charge in [-0.2, -0.15) is 0 Å². The second-order valence-electron chi connectivity index (χ2n) is 7.41. The van der Waals surface area contributed by atoms with Gasteiger partial charge >= 0.3 is 0 Å². The first-order valence-electron chi connectivity index (χ1n) is 10.2. The number of hydrogen-bond donors (Lipinski definition) is 1. The third kappa shape index (κ3) is 5.00.